The van der Waals surface area contributed by atoms with Crippen molar-refractivity contribution in [3.63, 3.8) is 0 Å². The number of carboxylic acids is 1. The summed E-state index contributed by atoms with van der Waals surface area (Å²) in [5.74, 6) is -2.66. The lowest BCUT2D eigenvalue weighted by Gasteiger charge is -2.28. The molecule has 0 aromatic rings. The van der Waals surface area contributed by atoms with Crippen molar-refractivity contribution >= 4 is 29.4 Å². The van der Waals surface area contributed by atoms with Crippen molar-refractivity contribution in [3.05, 3.63) is 0 Å². The van der Waals surface area contributed by atoms with E-state index in [1.54, 1.807) is 0 Å². The second-order valence-electron chi connectivity index (χ2n) is 4.53. The van der Waals surface area contributed by atoms with Crippen LogP contribution in [-0.2, 0) is 24.0 Å². The van der Waals surface area contributed by atoms with Crippen LogP contribution in [0, 0.1) is 0 Å². The molecule has 0 aliphatic carbocycles. The number of amides is 3. The van der Waals surface area contributed by atoms with E-state index in [1.807, 2.05) is 0 Å². The van der Waals surface area contributed by atoms with E-state index in [9.17, 15) is 19.2 Å². The predicted molar refractivity (Wildman–Crippen MR) is 63.5 cm³/mol. The summed E-state index contributed by atoms with van der Waals surface area (Å²) in [7, 11) is 1.35. The molecule has 9 nitrogen and oxygen atoms in total. The average molecular weight is 283 g/mol. The summed E-state index contributed by atoms with van der Waals surface area (Å²) >= 11 is 0. The monoisotopic (exact) mass is 283 g/mol. The molecule has 0 aromatic heterocycles. The van der Waals surface area contributed by atoms with Crippen LogP contribution in [0.2, 0.25) is 0 Å². The lowest BCUT2D eigenvalue weighted by atomic mass is 10.0. The van der Waals surface area contributed by atoms with Gasteiger partial charge in [-0.05, 0) is 6.42 Å². The largest absolute Gasteiger partial charge is 0.477 e. The van der Waals surface area contributed by atoms with Crippen molar-refractivity contribution in [2.75, 3.05) is 7.05 Å². The third-order valence-electron chi connectivity index (χ3n) is 3.17. The predicted octanol–water partition coefficient (Wildman–Crippen LogP) is -1.52. The molecule has 2 rings (SSSR count). The highest BCUT2D eigenvalue weighted by Gasteiger charge is 2.37. The third-order valence-corrected chi connectivity index (χ3v) is 3.17. The van der Waals surface area contributed by atoms with Crippen molar-refractivity contribution in [1.29, 1.82) is 0 Å². The highest BCUT2D eigenvalue weighted by molar-refractivity contribution is 6.36. The molecule has 0 saturated carbocycles. The topological polar surface area (TPSA) is 125 Å². The van der Waals surface area contributed by atoms with E-state index in [0.29, 0.717) is 0 Å². The minimum Gasteiger partial charge on any atom is -0.477 e. The summed E-state index contributed by atoms with van der Waals surface area (Å²) < 4.78 is 0. The Morgan fingerprint density at radius 3 is 2.75 bits per heavy atom. The maximum absolute atomic E-state index is 11.9. The fourth-order valence-electron chi connectivity index (χ4n) is 1.96. The molecule has 2 heterocycles. The highest BCUT2D eigenvalue weighted by Crippen LogP contribution is 2.14. The van der Waals surface area contributed by atoms with Crippen molar-refractivity contribution in [2.45, 2.75) is 31.4 Å². The number of likely N-dealkylation sites (N-methyl/N-ethyl adjacent to an activating group) is 1. The molecule has 2 aliphatic rings. The van der Waals surface area contributed by atoms with Gasteiger partial charge < -0.3 is 15.3 Å². The van der Waals surface area contributed by atoms with E-state index in [0.717, 1.165) is 4.90 Å². The van der Waals surface area contributed by atoms with Gasteiger partial charge in [0.15, 0.2) is 5.71 Å². The average Bonchev–Trinajstić information content (AvgIpc) is 2.89. The fraction of sp³-hybridized carbons (Fsp3) is 0.545. The van der Waals surface area contributed by atoms with Crippen LogP contribution in [-0.4, -0.2) is 58.6 Å². The second-order valence-corrected chi connectivity index (χ2v) is 4.53. The van der Waals surface area contributed by atoms with Gasteiger partial charge in [-0.15, -0.1) is 0 Å². The number of imide groups is 1. The van der Waals surface area contributed by atoms with E-state index < -0.39 is 29.9 Å². The molecule has 2 N–H and O–H groups in total. The highest BCUT2D eigenvalue weighted by atomic mass is 16.6. The number of oxime groups is 1. The first-order valence-electron chi connectivity index (χ1n) is 5.97. The number of hydrogen-bond donors (Lipinski definition) is 2. The Hall–Kier alpha value is -2.45. The first-order chi connectivity index (χ1) is 9.40. The molecule has 0 spiro atoms. The SMILES string of the molecule is CN1C(=O)CCC(NC(=O)C2CC(C(=O)O)=NO2)C1=O. The van der Waals surface area contributed by atoms with E-state index in [-0.39, 0.29) is 30.9 Å². The Balaban J connectivity index is 1.92. The molecule has 3 amide bonds. The first kappa shape index (κ1) is 14.0. The summed E-state index contributed by atoms with van der Waals surface area (Å²) in [6.45, 7) is 0. The van der Waals surface area contributed by atoms with Crippen molar-refractivity contribution in [3.8, 4) is 0 Å². The van der Waals surface area contributed by atoms with Crippen molar-refractivity contribution < 1.29 is 29.1 Å². The number of rotatable bonds is 3. The van der Waals surface area contributed by atoms with Gasteiger partial charge in [0.25, 0.3) is 11.8 Å². The van der Waals surface area contributed by atoms with Crippen LogP contribution in [0.3, 0.4) is 0 Å². The van der Waals surface area contributed by atoms with Crippen molar-refractivity contribution in [2.24, 2.45) is 5.16 Å². The molecule has 2 unspecified atom stereocenters. The van der Waals surface area contributed by atoms with E-state index in [2.05, 4.69) is 10.5 Å². The minimum absolute atomic E-state index is 0.156. The zero-order valence-electron chi connectivity index (χ0n) is 10.7. The first-order valence-corrected chi connectivity index (χ1v) is 5.97. The molecule has 20 heavy (non-hydrogen) atoms. The number of aliphatic carboxylic acids is 1. The third kappa shape index (κ3) is 2.60. The van der Waals surface area contributed by atoms with E-state index in [4.69, 9.17) is 9.94 Å². The van der Waals surface area contributed by atoms with Crippen LogP contribution in [0.15, 0.2) is 5.16 Å². The van der Waals surface area contributed by atoms with Gasteiger partial charge in [0.05, 0.1) is 0 Å². The zero-order valence-corrected chi connectivity index (χ0v) is 10.7. The van der Waals surface area contributed by atoms with Gasteiger partial charge in [0.2, 0.25) is 12.0 Å². The zero-order chi connectivity index (χ0) is 14.9. The van der Waals surface area contributed by atoms with Gasteiger partial charge in [-0.2, -0.15) is 0 Å². The smallest absolute Gasteiger partial charge is 0.353 e. The molecule has 2 atom stereocenters. The summed E-state index contributed by atoms with van der Waals surface area (Å²) in [6, 6.07) is -0.803. The van der Waals surface area contributed by atoms with Gasteiger partial charge in [-0.25, -0.2) is 4.79 Å². The number of nitrogens with zero attached hydrogens (tertiary/aromatic N) is 2. The lowest BCUT2D eigenvalue weighted by Crippen LogP contribution is -2.54. The molecule has 0 radical (unpaired) electrons. The Labute approximate surface area is 113 Å². The standard InChI is InChI=1S/C11H13N3O6/c1-14-8(15)3-2-5(10(14)17)12-9(16)7-4-6(11(18)19)13-20-7/h5,7H,2-4H2,1H3,(H,12,16)(H,18,19). The van der Waals surface area contributed by atoms with E-state index in [1.165, 1.54) is 7.05 Å². The molecular weight excluding hydrogens is 270 g/mol. The molecule has 1 fully saturated rings. The number of hydrogen-bond acceptors (Lipinski definition) is 6. The van der Waals surface area contributed by atoms with Gasteiger partial charge in [-0.1, -0.05) is 5.16 Å². The minimum atomic E-state index is -1.25. The molecule has 1 saturated heterocycles. The van der Waals surface area contributed by atoms with Crippen LogP contribution in [0.1, 0.15) is 19.3 Å². The number of carbonyl (C=O) groups excluding carboxylic acids is 3. The summed E-state index contributed by atoms with van der Waals surface area (Å²) in [4.78, 5) is 51.3. The van der Waals surface area contributed by atoms with Gasteiger partial charge in [0, 0.05) is 19.9 Å². The molecule has 108 valence electrons. The van der Waals surface area contributed by atoms with Gasteiger partial charge >= 0.3 is 5.97 Å². The summed E-state index contributed by atoms with van der Waals surface area (Å²) in [6.07, 6.45) is -0.837. The van der Waals surface area contributed by atoms with Crippen LogP contribution in [0.4, 0.5) is 0 Å². The maximum atomic E-state index is 11.9. The van der Waals surface area contributed by atoms with Crippen LogP contribution >= 0.6 is 0 Å². The summed E-state index contributed by atoms with van der Waals surface area (Å²) in [5.41, 5.74) is -0.243. The Morgan fingerprint density at radius 2 is 2.15 bits per heavy atom. The van der Waals surface area contributed by atoms with E-state index >= 15 is 0 Å². The Morgan fingerprint density at radius 1 is 1.45 bits per heavy atom. The number of piperidine rings is 1. The molecule has 0 bridgehead atoms. The Kier molecular flexibility index (Phi) is 3.68. The lowest BCUT2D eigenvalue weighted by molar-refractivity contribution is -0.150. The van der Waals surface area contributed by atoms with Gasteiger partial charge in [-0.3, -0.25) is 19.3 Å². The molecular formula is C11H13N3O6. The molecule has 0 aromatic carbocycles. The number of nitrogens with one attached hydrogen (secondary N) is 1. The van der Waals surface area contributed by atoms with Crippen LogP contribution in [0.25, 0.3) is 0 Å². The maximum Gasteiger partial charge on any atom is 0.353 e. The van der Waals surface area contributed by atoms with Gasteiger partial charge in [0.1, 0.15) is 6.04 Å². The second kappa shape index (κ2) is 5.27. The van der Waals surface area contributed by atoms with Crippen LogP contribution in [0.5, 0.6) is 0 Å². The summed E-state index contributed by atoms with van der Waals surface area (Å²) in [5, 5.41) is 14.4. The Bertz CT molecular complexity index is 514. The molecule has 9 heteroatoms. The fourth-order valence-corrected chi connectivity index (χ4v) is 1.96. The quantitative estimate of drug-likeness (QED) is 0.606. The normalized spacial score (nSPS) is 26.1. The number of carbonyl (C=O) groups is 4. The molecule has 2 aliphatic heterocycles. The number of carboxylic acid groups (broad SMARTS) is 1. The number of likely N-dealkylation sites (tertiary alicyclic amines) is 1. The van der Waals surface area contributed by atoms with Crippen LogP contribution < -0.4 is 5.32 Å². The van der Waals surface area contributed by atoms with Crippen molar-refractivity contribution in [1.82, 2.24) is 10.2 Å².